The number of nitrogens with zero attached hydrogens (tertiary/aromatic N) is 1. The predicted octanol–water partition coefficient (Wildman–Crippen LogP) is 10.8. The Morgan fingerprint density at radius 2 is 0.953 bits per heavy atom. The van der Waals surface area contributed by atoms with Crippen molar-refractivity contribution in [2.45, 2.75) is 5.41 Å². The second-order valence-corrected chi connectivity index (χ2v) is 11.8. The molecule has 202 valence electrons. The van der Waals surface area contributed by atoms with Gasteiger partial charge in [0.2, 0.25) is 0 Å². The highest BCUT2D eigenvalue weighted by atomic mass is 35.5. The van der Waals surface area contributed by atoms with Gasteiger partial charge in [-0.1, -0.05) is 145 Å². The maximum Gasteiger partial charge on any atom is 0.0747 e. The van der Waals surface area contributed by atoms with Crippen LogP contribution in [0.5, 0.6) is 0 Å². The van der Waals surface area contributed by atoms with Crippen LogP contribution in [0.1, 0.15) is 22.3 Å². The maximum atomic E-state index is 6.86. The fourth-order valence-corrected chi connectivity index (χ4v) is 7.92. The molecule has 0 aliphatic heterocycles. The summed E-state index contributed by atoms with van der Waals surface area (Å²) in [6.45, 7) is 0. The number of rotatable bonds is 3. The summed E-state index contributed by atoms with van der Waals surface area (Å²) in [4.78, 5) is 0. The van der Waals surface area contributed by atoms with Gasteiger partial charge in [0.15, 0.2) is 0 Å². The first-order valence-corrected chi connectivity index (χ1v) is 15.1. The molecule has 2 aliphatic rings. The van der Waals surface area contributed by atoms with Crippen molar-refractivity contribution in [3.8, 4) is 50.5 Å². The summed E-state index contributed by atoms with van der Waals surface area (Å²) in [7, 11) is 0. The van der Waals surface area contributed by atoms with Crippen LogP contribution in [-0.4, -0.2) is 4.57 Å². The largest absolute Gasteiger partial charge is 0.308 e. The van der Waals surface area contributed by atoms with Crippen LogP contribution in [0.2, 0.25) is 5.02 Å². The fraction of sp³-hybridized carbons (Fsp3) is 0.0244. The van der Waals surface area contributed by atoms with E-state index in [1.165, 1.54) is 67.0 Å². The van der Waals surface area contributed by atoms with E-state index in [2.05, 4.69) is 156 Å². The summed E-state index contributed by atoms with van der Waals surface area (Å²) < 4.78 is 2.50. The van der Waals surface area contributed by atoms with Gasteiger partial charge in [-0.15, -0.1) is 0 Å². The van der Waals surface area contributed by atoms with Gasteiger partial charge in [0.05, 0.1) is 16.8 Å². The molecular weight excluding hydrogens is 542 g/mol. The molecule has 9 rings (SSSR count). The van der Waals surface area contributed by atoms with E-state index in [9.17, 15) is 0 Å². The van der Waals surface area contributed by atoms with E-state index in [0.717, 1.165) is 10.7 Å². The number of halogens is 1. The monoisotopic (exact) mass is 567 g/mol. The second kappa shape index (κ2) is 9.19. The molecule has 2 aliphatic carbocycles. The summed E-state index contributed by atoms with van der Waals surface area (Å²) in [6.07, 6.45) is 0. The minimum Gasteiger partial charge on any atom is -0.308 e. The molecule has 0 radical (unpaired) electrons. The Morgan fingerprint density at radius 3 is 1.63 bits per heavy atom. The lowest BCUT2D eigenvalue weighted by Gasteiger charge is -2.32. The van der Waals surface area contributed by atoms with E-state index >= 15 is 0 Å². The molecule has 1 spiro atoms. The molecule has 1 heterocycles. The quantitative estimate of drug-likeness (QED) is 0.200. The van der Waals surface area contributed by atoms with Crippen LogP contribution in [-0.2, 0) is 5.41 Å². The van der Waals surface area contributed by atoms with Crippen LogP contribution < -0.4 is 0 Å². The Morgan fingerprint density at radius 1 is 0.442 bits per heavy atom. The SMILES string of the molecule is Clc1ccc2c(c1)C1(c3ccccc3-2)c2ccccc2-c2c1c(-c1ccccc1)n(-c1ccccc1)c2-c1ccccc1. The Hall–Kier alpha value is -5.11. The minimum absolute atomic E-state index is 0.530. The highest BCUT2D eigenvalue weighted by molar-refractivity contribution is 6.31. The van der Waals surface area contributed by atoms with Gasteiger partial charge >= 0.3 is 0 Å². The molecule has 0 fully saturated rings. The zero-order valence-corrected chi connectivity index (χ0v) is 24.1. The number of hydrogen-bond donors (Lipinski definition) is 0. The molecule has 43 heavy (non-hydrogen) atoms. The molecule has 1 nitrogen and oxygen atoms in total. The van der Waals surface area contributed by atoms with Crippen LogP contribution in [0.25, 0.3) is 50.5 Å². The summed E-state index contributed by atoms with van der Waals surface area (Å²) in [6, 6.07) is 56.9. The van der Waals surface area contributed by atoms with E-state index in [1.54, 1.807) is 0 Å². The summed E-state index contributed by atoms with van der Waals surface area (Å²) in [5.41, 5.74) is 15.6. The zero-order valence-electron chi connectivity index (χ0n) is 23.3. The Kier molecular flexibility index (Phi) is 5.24. The molecular formula is C41H26ClN. The van der Waals surface area contributed by atoms with Crippen molar-refractivity contribution >= 4 is 11.6 Å². The van der Waals surface area contributed by atoms with Crippen molar-refractivity contribution in [2.24, 2.45) is 0 Å². The third-order valence-corrected chi connectivity index (χ3v) is 9.50. The van der Waals surface area contributed by atoms with Gasteiger partial charge in [-0.25, -0.2) is 0 Å². The lowest BCUT2D eigenvalue weighted by Crippen LogP contribution is -2.26. The van der Waals surface area contributed by atoms with Crippen molar-refractivity contribution in [2.75, 3.05) is 0 Å². The number of para-hydroxylation sites is 1. The van der Waals surface area contributed by atoms with Crippen LogP contribution in [0.3, 0.4) is 0 Å². The van der Waals surface area contributed by atoms with E-state index in [0.29, 0.717) is 0 Å². The Bertz CT molecular complexity index is 2140. The molecule has 1 aromatic heterocycles. The molecule has 0 bridgehead atoms. The average molecular weight is 568 g/mol. The van der Waals surface area contributed by atoms with Gasteiger partial charge in [0, 0.05) is 21.8 Å². The number of hydrogen-bond acceptors (Lipinski definition) is 0. The van der Waals surface area contributed by atoms with Gasteiger partial charge in [-0.2, -0.15) is 0 Å². The van der Waals surface area contributed by atoms with E-state index in [1.807, 2.05) is 6.07 Å². The van der Waals surface area contributed by atoms with Gasteiger partial charge in [-0.3, -0.25) is 0 Å². The summed E-state index contributed by atoms with van der Waals surface area (Å²) in [5.74, 6) is 0. The van der Waals surface area contributed by atoms with E-state index in [4.69, 9.17) is 11.6 Å². The molecule has 7 aromatic rings. The van der Waals surface area contributed by atoms with Crippen LogP contribution in [0.4, 0.5) is 0 Å². The van der Waals surface area contributed by atoms with Crippen LogP contribution >= 0.6 is 11.6 Å². The molecule has 0 amide bonds. The van der Waals surface area contributed by atoms with Crippen molar-refractivity contribution in [1.29, 1.82) is 0 Å². The van der Waals surface area contributed by atoms with Crippen LogP contribution in [0.15, 0.2) is 158 Å². The highest BCUT2D eigenvalue weighted by Gasteiger charge is 2.55. The first-order valence-electron chi connectivity index (χ1n) is 14.7. The maximum absolute atomic E-state index is 6.86. The van der Waals surface area contributed by atoms with Crippen molar-refractivity contribution < 1.29 is 0 Å². The average Bonchev–Trinajstić information content (AvgIpc) is 3.68. The Balaban J connectivity index is 1.57. The lowest BCUT2D eigenvalue weighted by atomic mass is 9.70. The molecule has 0 saturated carbocycles. The normalized spacial score (nSPS) is 15.7. The molecule has 6 aromatic carbocycles. The molecule has 1 atom stereocenters. The minimum atomic E-state index is -0.530. The third kappa shape index (κ3) is 3.23. The van der Waals surface area contributed by atoms with Crippen molar-refractivity contribution in [3.63, 3.8) is 0 Å². The summed E-state index contributed by atoms with van der Waals surface area (Å²) in [5, 5.41) is 0.754. The smallest absolute Gasteiger partial charge is 0.0747 e. The highest BCUT2D eigenvalue weighted by Crippen LogP contribution is 2.67. The summed E-state index contributed by atoms with van der Waals surface area (Å²) >= 11 is 6.86. The predicted molar refractivity (Wildman–Crippen MR) is 178 cm³/mol. The van der Waals surface area contributed by atoms with E-state index < -0.39 is 5.41 Å². The molecule has 2 heteroatoms. The number of benzene rings is 6. The van der Waals surface area contributed by atoms with Crippen molar-refractivity contribution in [3.05, 3.63) is 185 Å². The Labute approximate surface area is 256 Å². The molecule has 1 unspecified atom stereocenters. The number of fused-ring (bicyclic) bond motifs is 10. The van der Waals surface area contributed by atoms with Gasteiger partial charge in [-0.05, 0) is 68.8 Å². The molecule has 0 N–H and O–H groups in total. The third-order valence-electron chi connectivity index (χ3n) is 9.26. The first kappa shape index (κ1) is 24.5. The van der Waals surface area contributed by atoms with Crippen molar-refractivity contribution in [1.82, 2.24) is 4.57 Å². The van der Waals surface area contributed by atoms with E-state index in [-0.39, 0.29) is 0 Å². The van der Waals surface area contributed by atoms with Gasteiger partial charge < -0.3 is 4.57 Å². The first-order chi connectivity index (χ1) is 21.3. The fourth-order valence-electron chi connectivity index (χ4n) is 7.75. The number of aromatic nitrogens is 1. The standard InChI is InChI=1S/C41H26ClN/c42-29-24-25-32-31-20-10-12-22-34(31)41(36(32)26-29)35-23-13-11-21-33(35)37-38(41)40(28-16-6-2-7-17-28)43(30-18-8-3-9-19-30)39(37)27-14-4-1-5-15-27/h1-26H. The lowest BCUT2D eigenvalue weighted by molar-refractivity contribution is 0.792. The zero-order chi connectivity index (χ0) is 28.5. The van der Waals surface area contributed by atoms with Gasteiger partial charge in [0.1, 0.15) is 0 Å². The second-order valence-electron chi connectivity index (χ2n) is 11.4. The van der Waals surface area contributed by atoms with Crippen LogP contribution in [0, 0.1) is 0 Å². The topological polar surface area (TPSA) is 4.93 Å². The van der Waals surface area contributed by atoms with Gasteiger partial charge in [0.25, 0.3) is 0 Å². The molecule has 0 saturated heterocycles.